The minimum atomic E-state index is -0.117. The largest absolute Gasteiger partial charge is 0.481 e. The van der Waals surface area contributed by atoms with Crippen molar-refractivity contribution in [2.45, 2.75) is 12.1 Å². The smallest absolute Gasteiger partial charge is 0.212 e. The van der Waals surface area contributed by atoms with Crippen LogP contribution in [0.15, 0.2) is 73.3 Å². The molecule has 0 spiro atoms. The van der Waals surface area contributed by atoms with Gasteiger partial charge in [-0.05, 0) is 46.8 Å². The lowest BCUT2D eigenvalue weighted by molar-refractivity contribution is 0.0164. The lowest BCUT2D eigenvalue weighted by Gasteiger charge is -2.32. The van der Waals surface area contributed by atoms with E-state index in [9.17, 15) is 0 Å². The summed E-state index contributed by atoms with van der Waals surface area (Å²) in [5.41, 5.74) is 6.97. The SMILES string of the molecule is COc1ccc([C@@H](Nc2cc(-c3ccc4ccn(C)c4c3)c3nccnc3c2)C2CNCCO2)cn1. The summed E-state index contributed by atoms with van der Waals surface area (Å²) < 4.78 is 13.6. The van der Waals surface area contributed by atoms with Crippen molar-refractivity contribution in [1.29, 1.82) is 0 Å². The van der Waals surface area contributed by atoms with Gasteiger partial charge in [0.2, 0.25) is 5.88 Å². The highest BCUT2D eigenvalue weighted by molar-refractivity contribution is 5.97. The maximum atomic E-state index is 6.16. The molecule has 5 aromatic rings. The molecule has 1 fully saturated rings. The molecular formula is C28H28N6O2. The number of nitrogens with one attached hydrogen (secondary N) is 2. The predicted molar refractivity (Wildman–Crippen MR) is 141 cm³/mol. The average Bonchev–Trinajstić information content (AvgIpc) is 3.31. The zero-order chi connectivity index (χ0) is 24.5. The van der Waals surface area contributed by atoms with E-state index in [0.717, 1.165) is 46.5 Å². The number of ether oxygens (including phenoxy) is 2. The van der Waals surface area contributed by atoms with Gasteiger partial charge in [-0.3, -0.25) is 9.97 Å². The van der Waals surface area contributed by atoms with Gasteiger partial charge in [-0.1, -0.05) is 12.1 Å². The van der Waals surface area contributed by atoms with Crippen LogP contribution in [0.5, 0.6) is 5.88 Å². The number of benzene rings is 2. The molecule has 36 heavy (non-hydrogen) atoms. The Kier molecular flexibility index (Phi) is 5.96. The Hall–Kier alpha value is -4.01. The van der Waals surface area contributed by atoms with Gasteiger partial charge in [-0.2, -0.15) is 0 Å². The molecule has 0 radical (unpaired) electrons. The van der Waals surface area contributed by atoms with E-state index in [0.29, 0.717) is 12.5 Å². The second-order valence-electron chi connectivity index (χ2n) is 9.02. The Balaban J connectivity index is 1.44. The monoisotopic (exact) mass is 480 g/mol. The number of hydrogen-bond acceptors (Lipinski definition) is 7. The Labute approximate surface area is 209 Å². The molecule has 8 nitrogen and oxygen atoms in total. The zero-order valence-corrected chi connectivity index (χ0v) is 20.3. The van der Waals surface area contributed by atoms with Gasteiger partial charge < -0.3 is 24.7 Å². The molecule has 0 aliphatic carbocycles. The molecule has 8 heteroatoms. The first-order valence-electron chi connectivity index (χ1n) is 12.1. The van der Waals surface area contributed by atoms with E-state index < -0.39 is 0 Å². The fourth-order valence-electron chi connectivity index (χ4n) is 4.87. The molecule has 2 atom stereocenters. The van der Waals surface area contributed by atoms with Gasteiger partial charge in [-0.25, -0.2) is 4.98 Å². The molecular weight excluding hydrogens is 452 g/mol. The molecule has 182 valence electrons. The highest BCUT2D eigenvalue weighted by Gasteiger charge is 2.27. The van der Waals surface area contributed by atoms with Gasteiger partial charge in [0.1, 0.15) is 0 Å². The number of hydrogen-bond donors (Lipinski definition) is 2. The molecule has 0 saturated carbocycles. The van der Waals surface area contributed by atoms with E-state index in [1.54, 1.807) is 19.5 Å². The van der Waals surface area contributed by atoms with E-state index in [2.05, 4.69) is 73.7 Å². The van der Waals surface area contributed by atoms with Gasteiger partial charge in [0.25, 0.3) is 0 Å². The minimum absolute atomic E-state index is 0.0605. The van der Waals surface area contributed by atoms with Crippen molar-refractivity contribution in [1.82, 2.24) is 24.8 Å². The van der Waals surface area contributed by atoms with E-state index >= 15 is 0 Å². The summed E-state index contributed by atoms with van der Waals surface area (Å²) in [6, 6.07) is 16.6. The van der Waals surface area contributed by atoms with Crippen LogP contribution in [0.4, 0.5) is 5.69 Å². The molecule has 0 bridgehead atoms. The van der Waals surface area contributed by atoms with E-state index in [1.807, 2.05) is 24.4 Å². The summed E-state index contributed by atoms with van der Waals surface area (Å²) in [4.78, 5) is 13.8. The number of anilines is 1. The minimum Gasteiger partial charge on any atom is -0.481 e. The molecule has 4 heterocycles. The standard InChI is InChI=1S/C28H28N6O2/c1-34-11-7-18-3-4-19(13-24(18)34)22-14-21(15-23-28(22)31-9-8-30-23)33-27(25-17-29-10-12-36-25)20-5-6-26(35-2)32-16-20/h3-9,11,13-16,25,27,29,33H,10,12,17H2,1-2H3/t25?,27-/m1/s1. The Morgan fingerprint density at radius 1 is 1.08 bits per heavy atom. The van der Waals surface area contributed by atoms with Crippen molar-refractivity contribution < 1.29 is 9.47 Å². The third kappa shape index (κ3) is 4.25. The summed E-state index contributed by atoms with van der Waals surface area (Å²) in [6.07, 6.45) is 7.34. The Morgan fingerprint density at radius 2 is 2.00 bits per heavy atom. The van der Waals surface area contributed by atoms with Crippen molar-refractivity contribution in [3.05, 3.63) is 78.9 Å². The molecule has 1 unspecified atom stereocenters. The van der Waals surface area contributed by atoms with Crippen LogP contribution in [-0.4, -0.2) is 52.4 Å². The summed E-state index contributed by atoms with van der Waals surface area (Å²) >= 11 is 0. The van der Waals surface area contributed by atoms with Crippen LogP contribution < -0.4 is 15.4 Å². The Bertz CT molecular complexity index is 1510. The highest BCUT2D eigenvalue weighted by Crippen LogP contribution is 2.34. The fraction of sp³-hybridized carbons (Fsp3) is 0.250. The van der Waals surface area contributed by atoms with Crippen molar-refractivity contribution in [2.75, 3.05) is 32.1 Å². The normalized spacial score (nSPS) is 16.8. The number of fused-ring (bicyclic) bond motifs is 2. The molecule has 2 N–H and O–H groups in total. The fourth-order valence-corrected chi connectivity index (χ4v) is 4.87. The predicted octanol–water partition coefficient (Wildman–Crippen LogP) is 4.33. The molecule has 1 aliphatic rings. The molecule has 2 aromatic carbocycles. The first-order valence-corrected chi connectivity index (χ1v) is 12.1. The van der Waals surface area contributed by atoms with Crippen LogP contribution in [0.3, 0.4) is 0 Å². The lowest BCUT2D eigenvalue weighted by atomic mass is 9.99. The van der Waals surface area contributed by atoms with E-state index in [1.165, 1.54) is 10.9 Å². The van der Waals surface area contributed by atoms with Crippen molar-refractivity contribution in [3.63, 3.8) is 0 Å². The second kappa shape index (κ2) is 9.56. The number of rotatable bonds is 6. The van der Waals surface area contributed by atoms with Crippen LogP contribution in [0.25, 0.3) is 33.1 Å². The summed E-state index contributed by atoms with van der Waals surface area (Å²) in [6.45, 7) is 2.26. The molecule has 1 aliphatic heterocycles. The molecule has 0 amide bonds. The lowest BCUT2D eigenvalue weighted by Crippen LogP contribution is -2.44. The van der Waals surface area contributed by atoms with Gasteiger partial charge in [0.15, 0.2) is 0 Å². The van der Waals surface area contributed by atoms with Gasteiger partial charge >= 0.3 is 0 Å². The molecule has 3 aromatic heterocycles. The van der Waals surface area contributed by atoms with Crippen molar-refractivity contribution in [2.24, 2.45) is 7.05 Å². The first-order chi connectivity index (χ1) is 17.7. The number of morpholine rings is 1. The number of aromatic nitrogens is 4. The van der Waals surface area contributed by atoms with Gasteiger partial charge in [-0.15, -0.1) is 0 Å². The van der Waals surface area contributed by atoms with E-state index in [4.69, 9.17) is 9.47 Å². The summed E-state index contributed by atoms with van der Waals surface area (Å²) in [5, 5.41) is 8.38. The summed E-state index contributed by atoms with van der Waals surface area (Å²) in [7, 11) is 3.68. The maximum Gasteiger partial charge on any atom is 0.212 e. The highest BCUT2D eigenvalue weighted by atomic mass is 16.5. The maximum absolute atomic E-state index is 6.16. The van der Waals surface area contributed by atoms with Crippen LogP contribution in [0, 0.1) is 0 Å². The molecule has 1 saturated heterocycles. The molecule has 6 rings (SSSR count). The van der Waals surface area contributed by atoms with Crippen molar-refractivity contribution >= 4 is 27.6 Å². The average molecular weight is 481 g/mol. The van der Waals surface area contributed by atoms with Crippen LogP contribution in [0.1, 0.15) is 11.6 Å². The third-order valence-electron chi connectivity index (χ3n) is 6.75. The number of methoxy groups -OCH3 is 1. The first kappa shape index (κ1) is 22.5. The van der Waals surface area contributed by atoms with Gasteiger partial charge in [0, 0.05) is 67.8 Å². The van der Waals surface area contributed by atoms with Crippen LogP contribution in [-0.2, 0) is 11.8 Å². The quantitative estimate of drug-likeness (QED) is 0.374. The van der Waals surface area contributed by atoms with E-state index in [-0.39, 0.29) is 12.1 Å². The number of pyridine rings is 1. The third-order valence-corrected chi connectivity index (χ3v) is 6.75. The van der Waals surface area contributed by atoms with Crippen LogP contribution in [0.2, 0.25) is 0 Å². The van der Waals surface area contributed by atoms with Gasteiger partial charge in [0.05, 0.1) is 36.9 Å². The number of aryl methyl sites for hydroxylation is 1. The number of nitrogens with zero attached hydrogens (tertiary/aromatic N) is 4. The second-order valence-corrected chi connectivity index (χ2v) is 9.02. The Morgan fingerprint density at radius 3 is 2.81 bits per heavy atom. The van der Waals surface area contributed by atoms with Crippen LogP contribution >= 0.6 is 0 Å². The zero-order valence-electron chi connectivity index (χ0n) is 20.3. The van der Waals surface area contributed by atoms with Crippen molar-refractivity contribution in [3.8, 4) is 17.0 Å². The topological polar surface area (TPSA) is 86.1 Å². The summed E-state index contributed by atoms with van der Waals surface area (Å²) in [5.74, 6) is 0.583.